The molecule has 0 saturated carbocycles. The van der Waals surface area contributed by atoms with E-state index in [0.717, 1.165) is 24.3 Å². The highest BCUT2D eigenvalue weighted by atomic mass is 35.5. The molecule has 24 heavy (non-hydrogen) atoms. The first-order valence-corrected chi connectivity index (χ1v) is 7.09. The molecule has 132 valence electrons. The maximum absolute atomic E-state index is 12.7. The Morgan fingerprint density at radius 2 is 2.04 bits per heavy atom. The Morgan fingerprint density at radius 3 is 2.67 bits per heavy atom. The number of benzene rings is 1. The minimum absolute atomic E-state index is 0.119. The maximum atomic E-state index is 12.7. The molecule has 9 heteroatoms. The number of esters is 1. The van der Waals surface area contributed by atoms with Gasteiger partial charge in [-0.15, -0.1) is 0 Å². The summed E-state index contributed by atoms with van der Waals surface area (Å²) in [5.41, 5.74) is -0.884. The van der Waals surface area contributed by atoms with E-state index in [9.17, 15) is 22.8 Å². The molecule has 1 rings (SSSR count). The zero-order chi connectivity index (χ0) is 18.2. The lowest BCUT2D eigenvalue weighted by atomic mass is 10.1. The van der Waals surface area contributed by atoms with Crippen LogP contribution in [0.25, 0.3) is 6.08 Å². The molecule has 0 aliphatic heterocycles. The molecular weight excluding hydrogens is 351 g/mol. The highest BCUT2D eigenvalue weighted by molar-refractivity contribution is 6.31. The number of hydrogen-bond donors (Lipinski definition) is 1. The molecule has 0 fully saturated rings. The fraction of sp³-hybridized carbons (Fsp3) is 0.333. The van der Waals surface area contributed by atoms with Crippen LogP contribution in [0.2, 0.25) is 5.02 Å². The second-order valence-electron chi connectivity index (χ2n) is 4.52. The van der Waals surface area contributed by atoms with E-state index in [1.54, 1.807) is 0 Å². The van der Waals surface area contributed by atoms with Crippen LogP contribution < -0.4 is 5.32 Å². The standard InChI is InChI=1S/C15H15ClF3NO4/c1-23-7-6-20-13(21)9-24-14(22)5-3-10-2-4-12(16)11(8-10)15(17,18)19/h2-5,8H,6-7,9H2,1H3,(H,20,21)/b5-3+. The number of hydrogen-bond acceptors (Lipinski definition) is 4. The van der Waals surface area contributed by atoms with E-state index in [4.69, 9.17) is 16.3 Å². The van der Waals surface area contributed by atoms with Gasteiger partial charge in [0.15, 0.2) is 6.61 Å². The lowest BCUT2D eigenvalue weighted by Gasteiger charge is -2.09. The zero-order valence-corrected chi connectivity index (χ0v) is 13.4. The number of alkyl halides is 3. The molecule has 0 radical (unpaired) electrons. The highest BCUT2D eigenvalue weighted by Gasteiger charge is 2.33. The van der Waals surface area contributed by atoms with E-state index >= 15 is 0 Å². The van der Waals surface area contributed by atoms with Gasteiger partial charge in [-0.2, -0.15) is 13.2 Å². The van der Waals surface area contributed by atoms with Crippen molar-refractivity contribution in [3.63, 3.8) is 0 Å². The van der Waals surface area contributed by atoms with Crippen LogP contribution >= 0.6 is 11.6 Å². The number of carbonyl (C=O) groups excluding carboxylic acids is 2. The van der Waals surface area contributed by atoms with Gasteiger partial charge in [-0.1, -0.05) is 17.7 Å². The van der Waals surface area contributed by atoms with Gasteiger partial charge >= 0.3 is 12.1 Å². The van der Waals surface area contributed by atoms with Gasteiger partial charge in [0, 0.05) is 19.7 Å². The quantitative estimate of drug-likeness (QED) is 0.458. The number of amides is 1. The van der Waals surface area contributed by atoms with E-state index < -0.39 is 35.2 Å². The van der Waals surface area contributed by atoms with Gasteiger partial charge in [0.05, 0.1) is 17.2 Å². The lowest BCUT2D eigenvalue weighted by molar-refractivity contribution is -0.143. The van der Waals surface area contributed by atoms with Crippen molar-refractivity contribution in [2.45, 2.75) is 6.18 Å². The highest BCUT2D eigenvalue weighted by Crippen LogP contribution is 2.35. The molecule has 0 bridgehead atoms. The predicted molar refractivity (Wildman–Crippen MR) is 81.3 cm³/mol. The van der Waals surface area contributed by atoms with Crippen molar-refractivity contribution < 1.29 is 32.2 Å². The minimum Gasteiger partial charge on any atom is -0.452 e. The molecule has 0 spiro atoms. The van der Waals surface area contributed by atoms with Crippen LogP contribution in [0.5, 0.6) is 0 Å². The van der Waals surface area contributed by atoms with Crippen molar-refractivity contribution >= 4 is 29.6 Å². The van der Waals surface area contributed by atoms with Crippen molar-refractivity contribution in [2.75, 3.05) is 26.9 Å². The minimum atomic E-state index is -4.60. The molecule has 0 atom stereocenters. The molecule has 0 aliphatic rings. The Balaban J connectivity index is 2.57. The van der Waals surface area contributed by atoms with Crippen LogP contribution in [0.1, 0.15) is 11.1 Å². The van der Waals surface area contributed by atoms with E-state index in [0.29, 0.717) is 6.61 Å². The first-order chi connectivity index (χ1) is 11.2. The summed E-state index contributed by atoms with van der Waals surface area (Å²) < 4.78 is 47.5. The third-order valence-corrected chi connectivity index (χ3v) is 3.01. The van der Waals surface area contributed by atoms with Gasteiger partial charge in [-0.05, 0) is 23.8 Å². The molecular formula is C15H15ClF3NO4. The Hall–Kier alpha value is -2.06. The Bertz CT molecular complexity index is 617. The number of methoxy groups -OCH3 is 1. The van der Waals surface area contributed by atoms with Crippen LogP contribution in [-0.4, -0.2) is 38.7 Å². The number of halogens is 4. The van der Waals surface area contributed by atoms with E-state index in [2.05, 4.69) is 10.1 Å². The summed E-state index contributed by atoms with van der Waals surface area (Å²) in [5, 5.41) is 2.00. The molecule has 5 nitrogen and oxygen atoms in total. The van der Waals surface area contributed by atoms with Crippen LogP contribution in [0, 0.1) is 0 Å². The maximum Gasteiger partial charge on any atom is 0.417 e. The van der Waals surface area contributed by atoms with Gasteiger partial charge in [0.1, 0.15) is 0 Å². The average Bonchev–Trinajstić information content (AvgIpc) is 2.51. The molecule has 0 saturated heterocycles. The number of carbonyl (C=O) groups is 2. The van der Waals surface area contributed by atoms with Crippen molar-refractivity contribution in [3.8, 4) is 0 Å². The van der Waals surface area contributed by atoms with E-state index in [1.807, 2.05) is 0 Å². The van der Waals surface area contributed by atoms with Crippen molar-refractivity contribution in [1.29, 1.82) is 0 Å². The average molecular weight is 366 g/mol. The van der Waals surface area contributed by atoms with Gasteiger partial charge in [-0.25, -0.2) is 4.79 Å². The van der Waals surface area contributed by atoms with Crippen LogP contribution in [-0.2, 0) is 25.2 Å². The topological polar surface area (TPSA) is 64.6 Å². The number of rotatable bonds is 7. The summed E-state index contributed by atoms with van der Waals surface area (Å²) in [5.74, 6) is -1.37. The molecule has 0 unspecified atom stereocenters. The SMILES string of the molecule is COCCNC(=O)COC(=O)/C=C/c1ccc(Cl)c(C(F)(F)F)c1. The summed E-state index contributed by atoms with van der Waals surface area (Å²) in [4.78, 5) is 22.7. The third kappa shape index (κ3) is 7.01. The lowest BCUT2D eigenvalue weighted by Crippen LogP contribution is -2.31. The van der Waals surface area contributed by atoms with Crippen LogP contribution in [0.15, 0.2) is 24.3 Å². The fourth-order valence-corrected chi connectivity index (χ4v) is 1.78. The summed E-state index contributed by atoms with van der Waals surface area (Å²) in [7, 11) is 1.47. The van der Waals surface area contributed by atoms with Crippen LogP contribution in [0.4, 0.5) is 13.2 Å². The second kappa shape index (κ2) is 9.29. The van der Waals surface area contributed by atoms with Crippen molar-refractivity contribution in [3.05, 3.63) is 40.4 Å². The van der Waals surface area contributed by atoms with Gasteiger partial charge in [0.2, 0.25) is 0 Å². The number of nitrogens with one attached hydrogen (secondary N) is 1. The first-order valence-electron chi connectivity index (χ1n) is 6.71. The molecule has 0 aliphatic carbocycles. The van der Waals surface area contributed by atoms with Crippen molar-refractivity contribution in [1.82, 2.24) is 5.32 Å². The van der Waals surface area contributed by atoms with Gasteiger partial charge in [-0.3, -0.25) is 4.79 Å². The molecule has 0 aromatic heterocycles. The third-order valence-electron chi connectivity index (χ3n) is 2.68. The molecule has 1 amide bonds. The second-order valence-corrected chi connectivity index (χ2v) is 4.93. The Morgan fingerprint density at radius 1 is 1.33 bits per heavy atom. The first kappa shape index (κ1) is 20.0. The van der Waals surface area contributed by atoms with Gasteiger partial charge < -0.3 is 14.8 Å². The fourth-order valence-electron chi connectivity index (χ4n) is 1.56. The summed E-state index contributed by atoms with van der Waals surface area (Å²) in [6.45, 7) is 0.0900. The zero-order valence-electron chi connectivity index (χ0n) is 12.7. The Labute approximate surface area is 141 Å². The smallest absolute Gasteiger partial charge is 0.417 e. The summed E-state index contributed by atoms with van der Waals surface area (Å²) in [6, 6.07) is 3.21. The molecule has 0 heterocycles. The monoisotopic (exact) mass is 365 g/mol. The Kier molecular flexibility index (Phi) is 7.73. The van der Waals surface area contributed by atoms with Gasteiger partial charge in [0.25, 0.3) is 5.91 Å². The molecule has 1 aromatic rings. The van der Waals surface area contributed by atoms with E-state index in [1.165, 1.54) is 13.2 Å². The number of ether oxygens (including phenoxy) is 2. The predicted octanol–water partition coefficient (Wildman–Crippen LogP) is 2.68. The normalized spacial score (nSPS) is 11.5. The largest absolute Gasteiger partial charge is 0.452 e. The molecule has 1 N–H and O–H groups in total. The summed E-state index contributed by atoms with van der Waals surface area (Å²) in [6.07, 6.45) is -2.54. The summed E-state index contributed by atoms with van der Waals surface area (Å²) >= 11 is 5.49. The van der Waals surface area contributed by atoms with Crippen molar-refractivity contribution in [2.24, 2.45) is 0 Å². The van der Waals surface area contributed by atoms with Crippen LogP contribution in [0.3, 0.4) is 0 Å². The van der Waals surface area contributed by atoms with E-state index in [-0.39, 0.29) is 12.1 Å². The molecule has 1 aromatic carbocycles.